The normalized spacial score (nSPS) is 10.5. The zero-order chi connectivity index (χ0) is 16.9. The summed E-state index contributed by atoms with van der Waals surface area (Å²) < 4.78 is 15.1. The first-order valence-corrected chi connectivity index (χ1v) is 7.35. The Morgan fingerprint density at radius 2 is 2.00 bits per heavy atom. The highest BCUT2D eigenvalue weighted by atomic mass is 19.1. The van der Waals surface area contributed by atoms with E-state index in [9.17, 15) is 14.5 Å². The van der Waals surface area contributed by atoms with Gasteiger partial charge in [-0.05, 0) is 23.3 Å². The first-order chi connectivity index (χ1) is 11.6. The zero-order valence-corrected chi connectivity index (χ0v) is 12.7. The summed E-state index contributed by atoms with van der Waals surface area (Å²) in [6, 6.07) is 13.0. The molecule has 0 saturated heterocycles. The topological polar surface area (TPSA) is 73.0 Å². The van der Waals surface area contributed by atoms with Gasteiger partial charge < -0.3 is 5.32 Å². The van der Waals surface area contributed by atoms with Crippen LogP contribution in [-0.2, 0) is 13.1 Å². The second kappa shape index (κ2) is 6.91. The second-order valence-electron chi connectivity index (χ2n) is 5.30. The molecule has 0 atom stereocenters. The van der Waals surface area contributed by atoms with Gasteiger partial charge in [0.1, 0.15) is 11.5 Å². The molecule has 3 rings (SSSR count). The Balaban J connectivity index is 1.73. The van der Waals surface area contributed by atoms with Gasteiger partial charge in [-0.1, -0.05) is 24.3 Å². The molecule has 6 nitrogen and oxygen atoms in total. The van der Waals surface area contributed by atoms with E-state index in [1.807, 2.05) is 41.2 Å². The number of hydrogen-bond acceptors (Lipinski definition) is 4. The molecule has 0 fully saturated rings. The first kappa shape index (κ1) is 15.7. The first-order valence-electron chi connectivity index (χ1n) is 7.35. The fraction of sp³-hybridized carbons (Fsp3) is 0.118. The second-order valence-corrected chi connectivity index (χ2v) is 5.30. The number of hydrogen-bond donors (Lipinski definition) is 1. The molecule has 0 saturated carbocycles. The molecule has 1 heterocycles. The molecule has 122 valence electrons. The minimum Gasteiger partial charge on any atom is -0.375 e. The van der Waals surface area contributed by atoms with E-state index >= 15 is 0 Å². The van der Waals surface area contributed by atoms with Crippen LogP contribution in [0.15, 0.2) is 60.9 Å². The molecule has 1 aromatic heterocycles. The lowest BCUT2D eigenvalue weighted by Gasteiger charge is -2.09. The number of aromatic nitrogens is 2. The molecule has 0 amide bonds. The van der Waals surface area contributed by atoms with Crippen molar-refractivity contribution in [3.05, 3.63) is 88.0 Å². The van der Waals surface area contributed by atoms with Gasteiger partial charge in [-0.25, -0.2) is 4.39 Å². The number of nitrogens with zero attached hydrogens (tertiary/aromatic N) is 3. The minimum atomic E-state index is -0.532. The number of benzene rings is 2. The van der Waals surface area contributed by atoms with Gasteiger partial charge in [-0.2, -0.15) is 5.10 Å². The average Bonchev–Trinajstić information content (AvgIpc) is 3.06. The maximum atomic E-state index is 13.3. The lowest BCUT2D eigenvalue weighted by molar-refractivity contribution is -0.384. The van der Waals surface area contributed by atoms with Gasteiger partial charge in [0.05, 0.1) is 11.5 Å². The molecule has 0 spiro atoms. The van der Waals surface area contributed by atoms with Gasteiger partial charge >= 0.3 is 0 Å². The van der Waals surface area contributed by atoms with Crippen molar-refractivity contribution in [2.75, 3.05) is 5.32 Å². The number of anilines is 1. The highest BCUT2D eigenvalue weighted by molar-refractivity contribution is 5.61. The molecular weight excluding hydrogens is 311 g/mol. The Morgan fingerprint density at radius 3 is 2.75 bits per heavy atom. The summed E-state index contributed by atoms with van der Waals surface area (Å²) in [6.07, 6.45) is 3.59. The number of rotatable bonds is 6. The van der Waals surface area contributed by atoms with Crippen molar-refractivity contribution < 1.29 is 9.31 Å². The molecule has 0 aliphatic rings. The highest BCUT2D eigenvalue weighted by Gasteiger charge is 2.14. The predicted molar refractivity (Wildman–Crippen MR) is 88.2 cm³/mol. The third-order valence-corrected chi connectivity index (χ3v) is 3.53. The number of nitrogens with one attached hydrogen (secondary N) is 1. The summed E-state index contributed by atoms with van der Waals surface area (Å²) in [5.74, 6) is -0.518. The van der Waals surface area contributed by atoms with Crippen LogP contribution in [0, 0.1) is 15.9 Å². The van der Waals surface area contributed by atoms with Crippen molar-refractivity contribution in [3.63, 3.8) is 0 Å². The Kier molecular flexibility index (Phi) is 4.51. The van der Waals surface area contributed by atoms with Crippen LogP contribution >= 0.6 is 0 Å². The predicted octanol–water partition coefficient (Wildman–Crippen LogP) is 3.59. The molecule has 0 aliphatic carbocycles. The largest absolute Gasteiger partial charge is 0.375 e. The summed E-state index contributed by atoms with van der Waals surface area (Å²) >= 11 is 0. The van der Waals surface area contributed by atoms with E-state index in [2.05, 4.69) is 10.4 Å². The summed E-state index contributed by atoms with van der Waals surface area (Å²) in [6.45, 7) is 0.998. The standard InChI is InChI=1S/C17H15FN4O2/c18-15-5-6-17(22(23)24)16(10-15)19-11-13-3-1-4-14(9-13)12-21-8-2-7-20-21/h1-10,19H,11-12H2. The van der Waals surface area contributed by atoms with E-state index in [1.54, 1.807) is 6.20 Å². The van der Waals surface area contributed by atoms with Crippen molar-refractivity contribution in [1.29, 1.82) is 0 Å². The number of nitro groups is 1. The van der Waals surface area contributed by atoms with E-state index in [-0.39, 0.29) is 11.4 Å². The van der Waals surface area contributed by atoms with Crippen LogP contribution in [0.5, 0.6) is 0 Å². The van der Waals surface area contributed by atoms with E-state index in [1.165, 1.54) is 0 Å². The Morgan fingerprint density at radius 1 is 1.17 bits per heavy atom. The highest BCUT2D eigenvalue weighted by Crippen LogP contribution is 2.25. The van der Waals surface area contributed by atoms with Gasteiger partial charge in [0.25, 0.3) is 5.69 Å². The van der Waals surface area contributed by atoms with Crippen LogP contribution in [0.3, 0.4) is 0 Å². The number of nitro benzene ring substituents is 1. The van der Waals surface area contributed by atoms with E-state index in [0.29, 0.717) is 13.1 Å². The van der Waals surface area contributed by atoms with E-state index in [0.717, 1.165) is 29.3 Å². The maximum Gasteiger partial charge on any atom is 0.292 e. The zero-order valence-electron chi connectivity index (χ0n) is 12.7. The molecule has 0 radical (unpaired) electrons. The van der Waals surface area contributed by atoms with Gasteiger partial charge in [-0.15, -0.1) is 0 Å². The average molecular weight is 326 g/mol. The molecule has 24 heavy (non-hydrogen) atoms. The summed E-state index contributed by atoms with van der Waals surface area (Å²) in [5.41, 5.74) is 2.02. The van der Waals surface area contributed by atoms with Gasteiger partial charge in [0, 0.05) is 31.1 Å². The van der Waals surface area contributed by atoms with Crippen molar-refractivity contribution in [2.45, 2.75) is 13.1 Å². The van der Waals surface area contributed by atoms with Crippen LogP contribution in [0.25, 0.3) is 0 Å². The van der Waals surface area contributed by atoms with Crippen LogP contribution < -0.4 is 5.32 Å². The summed E-state index contributed by atoms with van der Waals surface area (Å²) in [7, 11) is 0. The Bertz CT molecular complexity index is 850. The Hall–Kier alpha value is -3.22. The lowest BCUT2D eigenvalue weighted by Crippen LogP contribution is -2.05. The minimum absolute atomic E-state index is 0.149. The maximum absolute atomic E-state index is 13.3. The molecule has 0 bridgehead atoms. The molecule has 3 aromatic rings. The fourth-order valence-corrected chi connectivity index (χ4v) is 2.43. The molecule has 0 aliphatic heterocycles. The third kappa shape index (κ3) is 3.75. The van der Waals surface area contributed by atoms with E-state index < -0.39 is 10.7 Å². The smallest absolute Gasteiger partial charge is 0.292 e. The molecule has 0 unspecified atom stereocenters. The van der Waals surface area contributed by atoms with Gasteiger partial charge in [0.2, 0.25) is 0 Å². The third-order valence-electron chi connectivity index (χ3n) is 3.53. The monoisotopic (exact) mass is 326 g/mol. The van der Waals surface area contributed by atoms with Crippen LogP contribution in [0.1, 0.15) is 11.1 Å². The van der Waals surface area contributed by atoms with E-state index in [4.69, 9.17) is 0 Å². The lowest BCUT2D eigenvalue weighted by atomic mass is 10.1. The SMILES string of the molecule is O=[N+]([O-])c1ccc(F)cc1NCc1cccc(Cn2cccn2)c1. The number of halogens is 1. The van der Waals surface area contributed by atoms with Gasteiger partial charge in [-0.3, -0.25) is 14.8 Å². The van der Waals surface area contributed by atoms with Crippen molar-refractivity contribution in [1.82, 2.24) is 9.78 Å². The molecule has 2 aromatic carbocycles. The van der Waals surface area contributed by atoms with Gasteiger partial charge in [0.15, 0.2) is 0 Å². The molecule has 1 N–H and O–H groups in total. The summed E-state index contributed by atoms with van der Waals surface area (Å²) in [4.78, 5) is 10.5. The summed E-state index contributed by atoms with van der Waals surface area (Å²) in [5, 5.41) is 18.1. The van der Waals surface area contributed by atoms with Crippen LogP contribution in [0.4, 0.5) is 15.8 Å². The van der Waals surface area contributed by atoms with Crippen molar-refractivity contribution in [2.24, 2.45) is 0 Å². The molecular formula is C17H15FN4O2. The Labute approximate surface area is 137 Å². The van der Waals surface area contributed by atoms with Crippen molar-refractivity contribution >= 4 is 11.4 Å². The fourth-order valence-electron chi connectivity index (χ4n) is 2.43. The quantitative estimate of drug-likeness (QED) is 0.555. The van der Waals surface area contributed by atoms with Crippen molar-refractivity contribution in [3.8, 4) is 0 Å². The van der Waals surface area contributed by atoms with Crippen LogP contribution in [-0.4, -0.2) is 14.7 Å². The molecule has 7 heteroatoms. The van der Waals surface area contributed by atoms with Crippen LogP contribution in [0.2, 0.25) is 0 Å².